The van der Waals surface area contributed by atoms with Crippen LogP contribution in [-0.4, -0.2) is 44.2 Å². The smallest absolute Gasteiger partial charge is 0.337 e. The molecule has 0 radical (unpaired) electrons. The predicted octanol–water partition coefficient (Wildman–Crippen LogP) is 3.71. The average Bonchev–Trinajstić information content (AvgIpc) is 3.39. The first-order chi connectivity index (χ1) is 16.1. The first-order valence-electron chi connectivity index (χ1n) is 10.3. The summed E-state index contributed by atoms with van der Waals surface area (Å²) < 4.78 is 4.80. The van der Waals surface area contributed by atoms with Gasteiger partial charge < -0.3 is 14.7 Å². The van der Waals surface area contributed by atoms with Crippen LogP contribution in [0.15, 0.2) is 73.1 Å². The number of aromatic amines is 1. The second-order valence-corrected chi connectivity index (χ2v) is 7.68. The van der Waals surface area contributed by atoms with E-state index in [1.54, 1.807) is 59.8 Å². The molecule has 5 rings (SSSR count). The van der Waals surface area contributed by atoms with Crippen molar-refractivity contribution in [2.75, 3.05) is 7.11 Å². The van der Waals surface area contributed by atoms with Gasteiger partial charge >= 0.3 is 5.97 Å². The molecule has 4 aromatic rings. The van der Waals surface area contributed by atoms with Crippen molar-refractivity contribution in [2.45, 2.75) is 12.6 Å². The first-order valence-corrected chi connectivity index (χ1v) is 10.3. The number of para-hydroxylation sites is 1. The topological polar surface area (TPSA) is 108 Å². The van der Waals surface area contributed by atoms with Crippen LogP contribution in [0.4, 0.5) is 0 Å². The number of amides is 1. The molecule has 33 heavy (non-hydrogen) atoms. The fraction of sp³-hybridized carbons (Fsp3) is 0.120. The fourth-order valence-corrected chi connectivity index (χ4v) is 4.19. The molecule has 8 nitrogen and oxygen atoms in total. The quantitative estimate of drug-likeness (QED) is 0.458. The molecule has 1 atom stereocenters. The Bertz CT molecular complexity index is 1330. The number of carbonyl (C=O) groups is 2. The van der Waals surface area contributed by atoms with Crippen molar-refractivity contribution in [3.63, 3.8) is 0 Å². The molecule has 2 N–H and O–H groups in total. The van der Waals surface area contributed by atoms with Crippen LogP contribution >= 0.6 is 0 Å². The molecule has 0 fully saturated rings. The van der Waals surface area contributed by atoms with E-state index in [0.717, 1.165) is 11.1 Å². The molecule has 1 amide bonds. The van der Waals surface area contributed by atoms with E-state index in [-0.39, 0.29) is 11.7 Å². The minimum Gasteiger partial charge on any atom is -0.507 e. The molecule has 2 aromatic heterocycles. The molecule has 0 aliphatic carbocycles. The number of hydrogen-bond donors (Lipinski definition) is 2. The summed E-state index contributed by atoms with van der Waals surface area (Å²) in [6.45, 7) is 0.355. The van der Waals surface area contributed by atoms with Gasteiger partial charge in [0.15, 0.2) is 0 Å². The number of phenolic OH excluding ortho intramolecular Hbond substituents is 1. The first kappa shape index (κ1) is 20.4. The Morgan fingerprint density at radius 2 is 1.82 bits per heavy atom. The van der Waals surface area contributed by atoms with E-state index in [1.165, 1.54) is 7.11 Å². The van der Waals surface area contributed by atoms with Crippen molar-refractivity contribution in [3.05, 3.63) is 101 Å². The fourth-order valence-electron chi connectivity index (χ4n) is 4.19. The molecule has 0 bridgehead atoms. The molecule has 2 aromatic carbocycles. The Labute approximate surface area is 189 Å². The number of fused-ring (bicyclic) bond motifs is 1. The van der Waals surface area contributed by atoms with Crippen LogP contribution < -0.4 is 0 Å². The van der Waals surface area contributed by atoms with Crippen LogP contribution in [0.2, 0.25) is 0 Å². The van der Waals surface area contributed by atoms with Crippen LogP contribution in [0.5, 0.6) is 5.75 Å². The standard InChI is InChI=1S/C25H20N4O4/c1-33-25(32)17-8-6-16(7-9-17)23-20-21(18-4-2-3-5-19(18)30)27-28-22(20)24(31)29(23)14-15-10-12-26-13-11-15/h2-13,23,30H,14H2,1H3,(H,27,28)/t23-/m1/s1. The van der Waals surface area contributed by atoms with Gasteiger partial charge in [0.25, 0.3) is 5.91 Å². The number of ether oxygens (including phenoxy) is 1. The van der Waals surface area contributed by atoms with E-state index in [1.807, 2.05) is 18.2 Å². The molecular weight excluding hydrogens is 420 g/mol. The zero-order chi connectivity index (χ0) is 22.9. The lowest BCUT2D eigenvalue weighted by Crippen LogP contribution is -2.29. The highest BCUT2D eigenvalue weighted by molar-refractivity contribution is 6.00. The van der Waals surface area contributed by atoms with Gasteiger partial charge in [-0.25, -0.2) is 4.79 Å². The van der Waals surface area contributed by atoms with E-state index >= 15 is 0 Å². The van der Waals surface area contributed by atoms with Crippen LogP contribution in [0.3, 0.4) is 0 Å². The SMILES string of the molecule is COC(=O)c1ccc([C@@H]2c3c(-c4ccccc4O)n[nH]c3C(=O)N2Cc2ccncc2)cc1. The summed E-state index contributed by atoms with van der Waals surface area (Å²) in [7, 11) is 1.33. The highest BCUT2D eigenvalue weighted by Crippen LogP contribution is 2.44. The van der Waals surface area contributed by atoms with Crippen molar-refractivity contribution in [2.24, 2.45) is 0 Å². The highest BCUT2D eigenvalue weighted by Gasteiger charge is 2.42. The van der Waals surface area contributed by atoms with Crippen molar-refractivity contribution >= 4 is 11.9 Å². The number of hydrogen-bond acceptors (Lipinski definition) is 6. The molecule has 0 saturated heterocycles. The number of H-pyrrole nitrogens is 1. The number of nitrogens with one attached hydrogen (secondary N) is 1. The predicted molar refractivity (Wildman–Crippen MR) is 119 cm³/mol. The summed E-state index contributed by atoms with van der Waals surface area (Å²) in [6, 6.07) is 17.1. The Hall–Kier alpha value is -4.46. The molecule has 0 spiro atoms. The summed E-state index contributed by atoms with van der Waals surface area (Å²) >= 11 is 0. The maximum absolute atomic E-state index is 13.4. The number of nitrogens with zero attached hydrogens (tertiary/aromatic N) is 3. The Morgan fingerprint density at radius 3 is 2.52 bits per heavy atom. The number of phenols is 1. The molecule has 1 aliphatic rings. The zero-order valence-corrected chi connectivity index (χ0v) is 17.7. The van der Waals surface area contributed by atoms with Crippen molar-refractivity contribution in [1.29, 1.82) is 0 Å². The van der Waals surface area contributed by atoms with E-state index in [4.69, 9.17) is 4.74 Å². The van der Waals surface area contributed by atoms with E-state index < -0.39 is 12.0 Å². The lowest BCUT2D eigenvalue weighted by molar-refractivity contribution is 0.0600. The van der Waals surface area contributed by atoms with Gasteiger partial charge in [0, 0.05) is 30.1 Å². The minimum absolute atomic E-state index is 0.0756. The summed E-state index contributed by atoms with van der Waals surface area (Å²) in [5.41, 5.74) is 4.25. The Morgan fingerprint density at radius 1 is 1.09 bits per heavy atom. The van der Waals surface area contributed by atoms with Crippen LogP contribution in [0.25, 0.3) is 11.3 Å². The lowest BCUT2D eigenvalue weighted by atomic mass is 9.95. The van der Waals surface area contributed by atoms with Crippen molar-refractivity contribution in [3.8, 4) is 17.0 Å². The Kier molecular flexibility index (Phi) is 5.10. The maximum Gasteiger partial charge on any atom is 0.337 e. The highest BCUT2D eigenvalue weighted by atomic mass is 16.5. The van der Waals surface area contributed by atoms with Gasteiger partial charge in [-0.2, -0.15) is 5.10 Å². The molecule has 0 saturated carbocycles. The van der Waals surface area contributed by atoms with E-state index in [9.17, 15) is 14.7 Å². The number of aromatic hydroxyl groups is 1. The summed E-state index contributed by atoms with van der Waals surface area (Å²) in [4.78, 5) is 31.1. The van der Waals surface area contributed by atoms with Gasteiger partial charge in [-0.15, -0.1) is 0 Å². The van der Waals surface area contributed by atoms with Gasteiger partial charge in [-0.1, -0.05) is 24.3 Å². The summed E-state index contributed by atoms with van der Waals surface area (Å²) in [6.07, 6.45) is 3.37. The molecule has 1 aliphatic heterocycles. The number of rotatable bonds is 5. The zero-order valence-electron chi connectivity index (χ0n) is 17.7. The van der Waals surface area contributed by atoms with Crippen LogP contribution in [-0.2, 0) is 11.3 Å². The minimum atomic E-state index is -0.472. The van der Waals surface area contributed by atoms with Crippen molar-refractivity contribution in [1.82, 2.24) is 20.1 Å². The Balaban J connectivity index is 1.64. The normalized spacial score (nSPS) is 14.9. The molecule has 3 heterocycles. The third-order valence-electron chi connectivity index (χ3n) is 5.77. The number of esters is 1. The third kappa shape index (κ3) is 3.51. The average molecular weight is 440 g/mol. The monoisotopic (exact) mass is 440 g/mol. The lowest BCUT2D eigenvalue weighted by Gasteiger charge is -2.26. The number of pyridine rings is 1. The molecular formula is C25H20N4O4. The van der Waals surface area contributed by atoms with E-state index in [2.05, 4.69) is 15.2 Å². The second kappa shape index (κ2) is 8.23. The molecule has 8 heteroatoms. The summed E-state index contributed by atoms with van der Waals surface area (Å²) in [5, 5.41) is 17.7. The second-order valence-electron chi connectivity index (χ2n) is 7.68. The number of benzene rings is 2. The largest absolute Gasteiger partial charge is 0.507 e. The molecule has 164 valence electrons. The van der Waals surface area contributed by atoms with Crippen LogP contribution in [0, 0.1) is 0 Å². The van der Waals surface area contributed by atoms with Crippen LogP contribution in [0.1, 0.15) is 43.6 Å². The van der Waals surface area contributed by atoms with Gasteiger partial charge in [-0.3, -0.25) is 14.9 Å². The third-order valence-corrected chi connectivity index (χ3v) is 5.77. The number of methoxy groups -OCH3 is 1. The van der Waals surface area contributed by atoms with Gasteiger partial charge in [0.05, 0.1) is 18.7 Å². The molecule has 0 unspecified atom stereocenters. The number of aromatic nitrogens is 3. The summed E-state index contributed by atoms with van der Waals surface area (Å²) in [5.74, 6) is -0.554. The van der Waals surface area contributed by atoms with Gasteiger partial charge in [0.2, 0.25) is 0 Å². The van der Waals surface area contributed by atoms with E-state index in [0.29, 0.717) is 34.6 Å². The number of carbonyl (C=O) groups excluding carboxylic acids is 2. The van der Waals surface area contributed by atoms with Gasteiger partial charge in [-0.05, 0) is 47.5 Å². The maximum atomic E-state index is 13.4. The van der Waals surface area contributed by atoms with Gasteiger partial charge in [0.1, 0.15) is 17.1 Å². The van der Waals surface area contributed by atoms with Crippen molar-refractivity contribution < 1.29 is 19.4 Å².